The van der Waals surface area contributed by atoms with Gasteiger partial charge in [-0.25, -0.2) is 0 Å². The van der Waals surface area contributed by atoms with Crippen LogP contribution in [0.15, 0.2) is 72.8 Å². The molecule has 2 saturated heterocycles. The van der Waals surface area contributed by atoms with Gasteiger partial charge >= 0.3 is 0 Å². The fraction of sp³-hybridized carbons (Fsp3) is 0.408. The van der Waals surface area contributed by atoms with Crippen LogP contribution in [0, 0.1) is 27.7 Å². The molecule has 2 fully saturated rings. The van der Waals surface area contributed by atoms with E-state index in [1.54, 1.807) is 14.2 Å². The lowest BCUT2D eigenvalue weighted by molar-refractivity contribution is -0.133. The molecule has 0 aliphatic carbocycles. The van der Waals surface area contributed by atoms with E-state index in [1.165, 1.54) is 0 Å². The Balaban J connectivity index is 1.19. The summed E-state index contributed by atoms with van der Waals surface area (Å²) in [6.07, 6.45) is 0. The predicted octanol–water partition coefficient (Wildman–Crippen LogP) is 9.50. The Morgan fingerprint density at radius 3 is 1.39 bits per heavy atom. The number of ketones is 1. The second-order valence-corrected chi connectivity index (χ2v) is 18.9. The van der Waals surface area contributed by atoms with Crippen LogP contribution in [0.2, 0.25) is 20.1 Å². The number of anilines is 2. The van der Waals surface area contributed by atoms with E-state index in [0.717, 1.165) is 34.2 Å². The highest BCUT2D eigenvalue weighted by Gasteiger charge is 2.42. The van der Waals surface area contributed by atoms with Gasteiger partial charge in [-0.1, -0.05) is 58.5 Å². The molecule has 348 valence electrons. The molecule has 0 amide bonds. The van der Waals surface area contributed by atoms with Crippen LogP contribution in [0.1, 0.15) is 36.6 Å². The molecule has 2 unspecified atom stereocenters. The van der Waals surface area contributed by atoms with E-state index in [-0.39, 0.29) is 31.0 Å². The molecule has 0 bridgehead atoms. The van der Waals surface area contributed by atoms with E-state index in [9.17, 15) is 0 Å². The van der Waals surface area contributed by atoms with Crippen molar-refractivity contribution in [1.82, 2.24) is 39.3 Å². The Morgan fingerprint density at radius 2 is 1.03 bits per heavy atom. The molecule has 2 aromatic carbocycles. The molecule has 2 aliphatic rings. The first-order valence-corrected chi connectivity index (χ1v) is 23.7. The van der Waals surface area contributed by atoms with Gasteiger partial charge in [-0.15, -0.1) is 0 Å². The molecule has 6 aromatic rings. The second-order valence-electron chi connectivity index (χ2n) is 17.3. The monoisotopic (exact) mass is 972 g/mol. The fourth-order valence-electron chi connectivity index (χ4n) is 9.38. The molecule has 0 N–H and O–H groups in total. The highest BCUT2D eigenvalue weighted by Crippen LogP contribution is 2.35. The van der Waals surface area contributed by atoms with Crippen LogP contribution < -0.4 is 19.3 Å². The number of methoxy groups -OCH3 is 2. The van der Waals surface area contributed by atoms with Crippen molar-refractivity contribution < 1.29 is 14.3 Å². The molecule has 66 heavy (non-hydrogen) atoms. The summed E-state index contributed by atoms with van der Waals surface area (Å²) in [6, 6.07) is 22.0. The molecule has 2 aliphatic heterocycles. The number of pyridine rings is 2. The Morgan fingerprint density at radius 1 is 0.621 bits per heavy atom. The molecule has 17 heteroatoms. The molecule has 6 heterocycles. The highest BCUT2D eigenvalue weighted by molar-refractivity contribution is 6.34. The Labute approximate surface area is 407 Å². The van der Waals surface area contributed by atoms with Gasteiger partial charge in [0.15, 0.2) is 5.78 Å². The number of Topliss-reactive ketones (excluding diaryl/α,β-unsaturated/α-hetero) is 1. The van der Waals surface area contributed by atoms with Crippen molar-refractivity contribution in [2.75, 3.05) is 63.3 Å². The van der Waals surface area contributed by atoms with Crippen molar-refractivity contribution in [3.63, 3.8) is 0 Å². The first kappa shape index (κ1) is 47.6. The van der Waals surface area contributed by atoms with Crippen LogP contribution in [0.4, 0.5) is 11.4 Å². The quantitative estimate of drug-likeness (QED) is 0.104. The second kappa shape index (κ2) is 20.1. The smallest absolute Gasteiger partial charge is 0.170 e. The first-order valence-electron chi connectivity index (χ1n) is 22.2. The maximum atomic E-state index is 16.2. The summed E-state index contributed by atoms with van der Waals surface area (Å²) in [7, 11) is 3.24. The Hall–Kier alpha value is -4.89. The van der Waals surface area contributed by atoms with E-state index < -0.39 is 12.1 Å². The summed E-state index contributed by atoms with van der Waals surface area (Å²) in [5, 5.41) is 12.3. The number of aryl methyl sites for hydroxylation is 2. The van der Waals surface area contributed by atoms with E-state index in [0.29, 0.717) is 93.6 Å². The summed E-state index contributed by atoms with van der Waals surface area (Å²) < 4.78 is 14.9. The number of aromatic nitrogens is 6. The summed E-state index contributed by atoms with van der Waals surface area (Å²) in [5.41, 5.74) is 7.76. The summed E-state index contributed by atoms with van der Waals surface area (Å²) in [4.78, 5) is 35.0. The van der Waals surface area contributed by atoms with Crippen molar-refractivity contribution >= 4 is 63.6 Å². The van der Waals surface area contributed by atoms with Crippen LogP contribution in [-0.2, 0) is 17.9 Å². The lowest BCUT2D eigenvalue weighted by Crippen LogP contribution is -2.64. The molecule has 0 saturated carbocycles. The predicted molar refractivity (Wildman–Crippen MR) is 265 cm³/mol. The van der Waals surface area contributed by atoms with Gasteiger partial charge in [-0.3, -0.25) is 33.9 Å². The summed E-state index contributed by atoms with van der Waals surface area (Å²) >= 11 is 27.1. The fourth-order valence-corrected chi connectivity index (χ4v) is 10.2. The van der Waals surface area contributed by atoms with E-state index in [1.807, 2.05) is 110 Å². The lowest BCUT2D eigenvalue weighted by atomic mass is 9.96. The third-order valence-electron chi connectivity index (χ3n) is 13.0. The van der Waals surface area contributed by atoms with Gasteiger partial charge in [0.25, 0.3) is 0 Å². The molecule has 4 aromatic heterocycles. The number of carbonyl (C=O) groups is 1. The van der Waals surface area contributed by atoms with Crippen molar-refractivity contribution in [3.8, 4) is 34.3 Å². The topological polar surface area (TPSA) is 110 Å². The number of piperazine rings is 2. The van der Waals surface area contributed by atoms with Crippen LogP contribution in [-0.4, -0.2) is 123 Å². The molecular weight excluding hydrogens is 918 g/mol. The molecular formula is C49H56Cl4N10O3. The number of benzene rings is 2. The van der Waals surface area contributed by atoms with Crippen molar-refractivity contribution in [3.05, 3.63) is 116 Å². The zero-order valence-electron chi connectivity index (χ0n) is 38.6. The largest absolute Gasteiger partial charge is 0.495 e. The number of carbonyl (C=O) groups excluding carboxylic acids is 1. The van der Waals surface area contributed by atoms with Crippen LogP contribution in [0.3, 0.4) is 0 Å². The minimum atomic E-state index is -0.616. The van der Waals surface area contributed by atoms with E-state index in [4.69, 9.17) is 76.0 Å². The maximum Gasteiger partial charge on any atom is 0.170 e. The standard InChI is InChI=1S/C49H56Cl4N10O3/c1-29-11-9-13-39(54-29)47-45(52)33(5)62(56-47)27-41(60-21-19-58(25-31(60)3)35-15-17-37(50)43(23-35)65-7)49(64)42(28-63-34(6)46(53)48(57-63)40-14-10-12-30(2)55-40)61-22-20-59(26-32(61)4)36-16-18-38(51)44(24-36)66-8/h9-18,23-24,31-32,41-42H,19-22,25-28H2,1-8H3/t31-,32-,41?,42?/m0/s1. The van der Waals surface area contributed by atoms with Crippen molar-refractivity contribution in [1.29, 1.82) is 0 Å². The summed E-state index contributed by atoms with van der Waals surface area (Å²) in [6.45, 7) is 16.6. The number of hydrogen-bond acceptors (Lipinski definition) is 11. The molecule has 4 atom stereocenters. The number of rotatable bonds is 14. The highest BCUT2D eigenvalue weighted by atomic mass is 35.5. The van der Waals surface area contributed by atoms with Gasteiger partial charge in [-0.05, 0) is 90.1 Å². The third kappa shape index (κ3) is 9.75. The SMILES string of the molecule is COc1cc(N2CCN(C(Cn3nc(-c4cccc(C)n4)c(Cl)c3C)C(=O)C(Cn3nc(-c4cccc(C)n4)c(Cl)c3C)N3CCN(c4ccc(Cl)c(OC)c4)C[C@@H]3C)[C@@H](C)C2)ccc1Cl. The van der Waals surface area contributed by atoms with E-state index >= 15 is 4.79 Å². The first-order chi connectivity index (χ1) is 31.6. The minimum Gasteiger partial charge on any atom is -0.495 e. The molecule has 0 radical (unpaired) electrons. The van der Waals surface area contributed by atoms with Gasteiger partial charge in [0.05, 0.1) is 82.3 Å². The molecule has 8 rings (SSSR count). The normalized spacial score (nSPS) is 18.1. The van der Waals surface area contributed by atoms with Gasteiger partial charge in [0.2, 0.25) is 0 Å². The Bertz CT molecular complexity index is 2540. The average molecular weight is 975 g/mol. The minimum absolute atomic E-state index is 0.0479. The van der Waals surface area contributed by atoms with Gasteiger partial charge in [-0.2, -0.15) is 10.2 Å². The van der Waals surface area contributed by atoms with Crippen molar-refractivity contribution in [2.24, 2.45) is 0 Å². The van der Waals surface area contributed by atoms with Crippen molar-refractivity contribution in [2.45, 2.75) is 78.8 Å². The van der Waals surface area contributed by atoms with Gasteiger partial charge < -0.3 is 19.3 Å². The molecule has 13 nitrogen and oxygen atoms in total. The maximum absolute atomic E-state index is 16.2. The van der Waals surface area contributed by atoms with E-state index in [2.05, 4.69) is 33.4 Å². The van der Waals surface area contributed by atoms with Crippen LogP contribution in [0.5, 0.6) is 11.5 Å². The number of ether oxygens (including phenoxy) is 2. The lowest BCUT2D eigenvalue weighted by Gasteiger charge is -2.48. The van der Waals surface area contributed by atoms with Gasteiger partial charge in [0.1, 0.15) is 22.9 Å². The van der Waals surface area contributed by atoms with Gasteiger partial charge in [0, 0.05) is 86.2 Å². The van der Waals surface area contributed by atoms with Crippen LogP contribution >= 0.6 is 46.4 Å². The Kier molecular flexibility index (Phi) is 14.5. The zero-order chi connectivity index (χ0) is 47.0. The third-order valence-corrected chi connectivity index (χ3v) is 14.6. The van der Waals surface area contributed by atoms with Crippen LogP contribution in [0.25, 0.3) is 22.8 Å². The average Bonchev–Trinajstić information content (AvgIpc) is 3.75. The number of hydrogen-bond donors (Lipinski definition) is 0. The summed E-state index contributed by atoms with van der Waals surface area (Å²) in [5.74, 6) is 1.29. The number of halogens is 4. The number of nitrogens with zero attached hydrogens (tertiary/aromatic N) is 10. The zero-order valence-corrected chi connectivity index (χ0v) is 41.6. The molecule has 0 spiro atoms.